The van der Waals surface area contributed by atoms with Crippen LogP contribution in [-0.4, -0.2) is 26.7 Å². The first kappa shape index (κ1) is 14.8. The van der Waals surface area contributed by atoms with Crippen molar-refractivity contribution in [3.63, 3.8) is 0 Å². The van der Waals surface area contributed by atoms with Gasteiger partial charge in [0.1, 0.15) is 5.75 Å². The number of phenolic OH excluding ortho intramolecular Hbond substituents is 1. The Labute approximate surface area is 130 Å². The van der Waals surface area contributed by atoms with Crippen molar-refractivity contribution < 1.29 is 10.2 Å². The van der Waals surface area contributed by atoms with Crippen molar-refractivity contribution in [1.29, 1.82) is 0 Å². The van der Waals surface area contributed by atoms with Gasteiger partial charge in [-0.1, -0.05) is 25.0 Å². The minimum absolute atomic E-state index is 0.149. The molecule has 1 aliphatic rings. The first-order valence-corrected chi connectivity index (χ1v) is 7.76. The fourth-order valence-corrected chi connectivity index (χ4v) is 2.94. The summed E-state index contributed by atoms with van der Waals surface area (Å²) in [5.41, 5.74) is 1.75. The summed E-state index contributed by atoms with van der Waals surface area (Å²) in [4.78, 5) is 8.77. The van der Waals surface area contributed by atoms with E-state index in [1.54, 1.807) is 30.5 Å². The lowest BCUT2D eigenvalue weighted by Crippen LogP contribution is -2.14. The first-order chi connectivity index (χ1) is 10.7. The number of hydrogen-bond donors (Lipinski definition) is 3. The molecule has 5 nitrogen and oxygen atoms in total. The molecule has 22 heavy (non-hydrogen) atoms. The van der Waals surface area contributed by atoms with Crippen LogP contribution < -0.4 is 5.32 Å². The Morgan fingerprint density at radius 3 is 2.82 bits per heavy atom. The molecule has 0 spiro atoms. The van der Waals surface area contributed by atoms with Crippen molar-refractivity contribution in [2.75, 3.05) is 11.9 Å². The van der Waals surface area contributed by atoms with Gasteiger partial charge >= 0.3 is 0 Å². The molecule has 2 aromatic rings. The van der Waals surface area contributed by atoms with Crippen molar-refractivity contribution in [2.24, 2.45) is 0 Å². The summed E-state index contributed by atoms with van der Waals surface area (Å²) in [6, 6.07) is 8.61. The number of aromatic nitrogens is 2. The number of rotatable bonds is 5. The third-order valence-electron chi connectivity index (χ3n) is 4.16. The Balaban J connectivity index is 1.62. The van der Waals surface area contributed by atoms with Crippen molar-refractivity contribution in [1.82, 2.24) is 9.97 Å². The van der Waals surface area contributed by atoms with Gasteiger partial charge in [0.15, 0.2) is 0 Å². The predicted molar refractivity (Wildman–Crippen MR) is 84.8 cm³/mol. The molecule has 1 saturated carbocycles. The molecule has 0 radical (unpaired) electrons. The van der Waals surface area contributed by atoms with Gasteiger partial charge in [-0.3, -0.25) is 0 Å². The molecule has 5 heteroatoms. The number of anilines is 1. The highest BCUT2D eigenvalue weighted by molar-refractivity contribution is 5.31. The SMILES string of the molecule is Oc1cccc(C(O)CNc2nccc(C3CCCC3)n2)c1. The highest BCUT2D eigenvalue weighted by Gasteiger charge is 2.18. The summed E-state index contributed by atoms with van der Waals surface area (Å²) >= 11 is 0. The average Bonchev–Trinajstić information content (AvgIpc) is 3.07. The number of aliphatic hydroxyl groups excluding tert-OH is 1. The molecule has 1 aliphatic carbocycles. The number of hydrogen-bond acceptors (Lipinski definition) is 5. The number of benzene rings is 1. The van der Waals surface area contributed by atoms with Gasteiger partial charge in [-0.15, -0.1) is 0 Å². The highest BCUT2D eigenvalue weighted by atomic mass is 16.3. The molecule has 1 fully saturated rings. The van der Waals surface area contributed by atoms with Crippen molar-refractivity contribution >= 4 is 5.95 Å². The van der Waals surface area contributed by atoms with Gasteiger partial charge in [0, 0.05) is 24.4 Å². The number of phenols is 1. The number of aromatic hydroxyl groups is 1. The van der Waals surface area contributed by atoms with E-state index in [2.05, 4.69) is 15.3 Å². The number of nitrogens with zero attached hydrogens (tertiary/aromatic N) is 2. The number of nitrogens with one attached hydrogen (secondary N) is 1. The van der Waals surface area contributed by atoms with E-state index >= 15 is 0 Å². The third-order valence-corrected chi connectivity index (χ3v) is 4.16. The van der Waals surface area contributed by atoms with Gasteiger partial charge in [-0.05, 0) is 36.6 Å². The Bertz CT molecular complexity index is 627. The molecule has 0 bridgehead atoms. The normalized spacial score (nSPS) is 16.6. The molecule has 0 aliphatic heterocycles. The maximum absolute atomic E-state index is 10.2. The van der Waals surface area contributed by atoms with Crippen LogP contribution in [0.1, 0.15) is 49.0 Å². The lowest BCUT2D eigenvalue weighted by molar-refractivity contribution is 0.191. The van der Waals surface area contributed by atoms with Gasteiger partial charge < -0.3 is 15.5 Å². The Morgan fingerprint density at radius 2 is 2.05 bits per heavy atom. The maximum Gasteiger partial charge on any atom is 0.222 e. The van der Waals surface area contributed by atoms with Gasteiger partial charge in [0.25, 0.3) is 0 Å². The van der Waals surface area contributed by atoms with E-state index in [9.17, 15) is 10.2 Å². The molecule has 3 N–H and O–H groups in total. The summed E-state index contributed by atoms with van der Waals surface area (Å²) in [5.74, 6) is 1.24. The zero-order chi connectivity index (χ0) is 15.4. The maximum atomic E-state index is 10.2. The van der Waals surface area contributed by atoms with Crippen LogP contribution in [0.15, 0.2) is 36.5 Å². The van der Waals surface area contributed by atoms with E-state index in [1.165, 1.54) is 25.7 Å². The highest BCUT2D eigenvalue weighted by Crippen LogP contribution is 2.33. The second-order valence-corrected chi connectivity index (χ2v) is 5.78. The molecule has 1 aromatic heterocycles. The Kier molecular flexibility index (Phi) is 4.53. The largest absolute Gasteiger partial charge is 0.508 e. The van der Waals surface area contributed by atoms with Gasteiger partial charge in [0.2, 0.25) is 5.95 Å². The topological polar surface area (TPSA) is 78.3 Å². The van der Waals surface area contributed by atoms with Crippen LogP contribution in [0, 0.1) is 0 Å². The summed E-state index contributed by atoms with van der Waals surface area (Å²) in [7, 11) is 0. The third kappa shape index (κ3) is 3.54. The van der Waals surface area contributed by atoms with Crippen LogP contribution in [0.5, 0.6) is 5.75 Å². The molecule has 1 atom stereocenters. The quantitative estimate of drug-likeness (QED) is 0.791. The molecular weight excluding hydrogens is 278 g/mol. The molecule has 0 amide bonds. The standard InChI is InChI=1S/C17H21N3O2/c21-14-7-3-6-13(10-14)16(22)11-19-17-18-9-8-15(20-17)12-4-1-2-5-12/h3,6-10,12,16,21-22H,1-2,4-5,11H2,(H,18,19,20). The average molecular weight is 299 g/mol. The fourth-order valence-electron chi connectivity index (χ4n) is 2.94. The minimum Gasteiger partial charge on any atom is -0.508 e. The summed E-state index contributed by atoms with van der Waals surface area (Å²) in [5, 5.41) is 22.7. The monoisotopic (exact) mass is 299 g/mol. The summed E-state index contributed by atoms with van der Waals surface area (Å²) in [6.07, 6.45) is 5.99. The van der Waals surface area contributed by atoms with Gasteiger partial charge in [0.05, 0.1) is 6.10 Å². The van der Waals surface area contributed by atoms with Crippen LogP contribution in [0.4, 0.5) is 5.95 Å². The second-order valence-electron chi connectivity index (χ2n) is 5.78. The van der Waals surface area contributed by atoms with E-state index in [-0.39, 0.29) is 5.75 Å². The first-order valence-electron chi connectivity index (χ1n) is 7.76. The molecule has 3 rings (SSSR count). The second kappa shape index (κ2) is 6.75. The van der Waals surface area contributed by atoms with E-state index in [0.717, 1.165) is 5.69 Å². The molecule has 116 valence electrons. The zero-order valence-electron chi connectivity index (χ0n) is 12.4. The molecule has 1 heterocycles. The van der Waals surface area contributed by atoms with Crippen molar-refractivity contribution in [3.05, 3.63) is 47.8 Å². The molecular formula is C17H21N3O2. The van der Waals surface area contributed by atoms with Crippen LogP contribution in [0.2, 0.25) is 0 Å². The smallest absolute Gasteiger partial charge is 0.222 e. The van der Waals surface area contributed by atoms with Gasteiger partial charge in [-0.25, -0.2) is 9.97 Å². The van der Waals surface area contributed by atoms with E-state index in [4.69, 9.17) is 0 Å². The van der Waals surface area contributed by atoms with E-state index < -0.39 is 6.10 Å². The zero-order valence-corrected chi connectivity index (χ0v) is 12.4. The Hall–Kier alpha value is -2.14. The van der Waals surface area contributed by atoms with Crippen LogP contribution in [-0.2, 0) is 0 Å². The van der Waals surface area contributed by atoms with Crippen LogP contribution in [0.3, 0.4) is 0 Å². The molecule has 1 aromatic carbocycles. The fraction of sp³-hybridized carbons (Fsp3) is 0.412. The van der Waals surface area contributed by atoms with Crippen molar-refractivity contribution in [2.45, 2.75) is 37.7 Å². The molecule has 1 unspecified atom stereocenters. The van der Waals surface area contributed by atoms with Crippen molar-refractivity contribution in [3.8, 4) is 5.75 Å². The lowest BCUT2D eigenvalue weighted by Gasteiger charge is -2.14. The van der Waals surface area contributed by atoms with E-state index in [0.29, 0.717) is 24.0 Å². The minimum atomic E-state index is -0.717. The molecule has 0 saturated heterocycles. The van der Waals surface area contributed by atoms with E-state index in [1.807, 2.05) is 6.07 Å². The summed E-state index contributed by atoms with van der Waals surface area (Å²) in [6.45, 7) is 0.303. The van der Waals surface area contributed by atoms with Gasteiger partial charge in [-0.2, -0.15) is 0 Å². The van der Waals surface area contributed by atoms with Crippen LogP contribution >= 0.6 is 0 Å². The van der Waals surface area contributed by atoms with Crippen LogP contribution in [0.25, 0.3) is 0 Å². The predicted octanol–water partition coefficient (Wildman–Crippen LogP) is 2.99. The lowest BCUT2D eigenvalue weighted by atomic mass is 10.0. The summed E-state index contributed by atoms with van der Waals surface area (Å²) < 4.78 is 0. The number of aliphatic hydroxyl groups is 1. The Morgan fingerprint density at radius 1 is 1.23 bits per heavy atom.